The molecule has 1 aromatic rings. The van der Waals surface area contributed by atoms with Gasteiger partial charge in [0.15, 0.2) is 0 Å². The first-order valence-corrected chi connectivity index (χ1v) is 7.07. The normalized spacial score (nSPS) is 12.0. The molecular formula is C13H20ClN3O3. The molecule has 1 aromatic heterocycles. The number of nitrogens with zero attached hydrogens (tertiary/aromatic N) is 2. The summed E-state index contributed by atoms with van der Waals surface area (Å²) in [6.07, 6.45) is 3.27. The molecule has 6 nitrogen and oxygen atoms in total. The van der Waals surface area contributed by atoms with Crippen molar-refractivity contribution in [3.63, 3.8) is 0 Å². The predicted octanol–water partition coefficient (Wildman–Crippen LogP) is 2.06. The van der Waals surface area contributed by atoms with Crippen molar-refractivity contribution in [1.82, 2.24) is 9.78 Å². The molecule has 1 N–H and O–H groups in total. The van der Waals surface area contributed by atoms with Crippen molar-refractivity contribution >= 4 is 23.3 Å². The van der Waals surface area contributed by atoms with Crippen LogP contribution in [0.3, 0.4) is 0 Å². The summed E-state index contributed by atoms with van der Waals surface area (Å²) >= 11 is 6.02. The van der Waals surface area contributed by atoms with Crippen molar-refractivity contribution in [2.24, 2.45) is 0 Å². The molecule has 0 bridgehead atoms. The number of hydrogen-bond donors (Lipinski definition) is 1. The molecule has 1 heterocycles. The highest BCUT2D eigenvalue weighted by Crippen LogP contribution is 2.16. The van der Waals surface area contributed by atoms with Gasteiger partial charge >= 0.3 is 5.97 Å². The average Bonchev–Trinajstić information content (AvgIpc) is 2.43. The van der Waals surface area contributed by atoms with Crippen molar-refractivity contribution in [1.29, 1.82) is 0 Å². The summed E-state index contributed by atoms with van der Waals surface area (Å²) in [7, 11) is 0. The Kier molecular flexibility index (Phi) is 6.51. The summed E-state index contributed by atoms with van der Waals surface area (Å²) in [5, 5.41) is 6.91. The number of rotatable bonds is 7. The Hall–Kier alpha value is -1.56. The summed E-state index contributed by atoms with van der Waals surface area (Å²) < 4.78 is 6.20. The zero-order valence-electron chi connectivity index (χ0n) is 12.0. The van der Waals surface area contributed by atoms with Crippen LogP contribution in [0.2, 0.25) is 5.02 Å². The highest BCUT2D eigenvalue weighted by molar-refractivity contribution is 6.33. The summed E-state index contributed by atoms with van der Waals surface area (Å²) in [6.45, 7) is 6.23. The van der Waals surface area contributed by atoms with Crippen LogP contribution in [0.5, 0.6) is 0 Å². The molecule has 112 valence electrons. The molecule has 0 saturated heterocycles. The van der Waals surface area contributed by atoms with Crippen LogP contribution < -0.4 is 10.9 Å². The topological polar surface area (TPSA) is 73.2 Å². The third-order valence-electron chi connectivity index (χ3n) is 2.72. The van der Waals surface area contributed by atoms with Gasteiger partial charge in [-0.2, -0.15) is 5.10 Å². The van der Waals surface area contributed by atoms with E-state index in [-0.39, 0.29) is 10.6 Å². The molecule has 0 radical (unpaired) electrons. The van der Waals surface area contributed by atoms with E-state index in [1.54, 1.807) is 13.8 Å². The minimum atomic E-state index is -0.597. The van der Waals surface area contributed by atoms with E-state index >= 15 is 0 Å². The molecule has 0 aliphatic carbocycles. The predicted molar refractivity (Wildman–Crippen MR) is 78.1 cm³/mol. The number of aryl methyl sites for hydroxylation is 1. The van der Waals surface area contributed by atoms with Crippen molar-refractivity contribution < 1.29 is 9.53 Å². The molecule has 7 heteroatoms. The van der Waals surface area contributed by atoms with Gasteiger partial charge in [-0.15, -0.1) is 0 Å². The van der Waals surface area contributed by atoms with Crippen molar-refractivity contribution in [2.45, 2.75) is 46.2 Å². The molecule has 1 rings (SSSR count). The van der Waals surface area contributed by atoms with E-state index in [0.717, 1.165) is 12.8 Å². The third-order valence-corrected chi connectivity index (χ3v) is 3.09. The second kappa shape index (κ2) is 7.89. The molecular weight excluding hydrogens is 282 g/mol. The number of nitrogens with one attached hydrogen (secondary N) is 1. The number of carbonyl (C=O) groups excluding carboxylic acids is 1. The van der Waals surface area contributed by atoms with E-state index in [2.05, 4.69) is 10.4 Å². The molecule has 0 amide bonds. The van der Waals surface area contributed by atoms with Crippen LogP contribution in [0.1, 0.15) is 33.6 Å². The van der Waals surface area contributed by atoms with Gasteiger partial charge in [-0.25, -0.2) is 9.48 Å². The molecule has 0 aliphatic heterocycles. The first-order chi connectivity index (χ1) is 9.51. The van der Waals surface area contributed by atoms with Crippen LogP contribution in [-0.2, 0) is 16.1 Å². The molecule has 1 unspecified atom stereocenters. The van der Waals surface area contributed by atoms with E-state index in [1.165, 1.54) is 10.9 Å². The fraction of sp³-hybridized carbons (Fsp3) is 0.615. The van der Waals surface area contributed by atoms with Crippen LogP contribution in [0.4, 0.5) is 5.69 Å². The van der Waals surface area contributed by atoms with E-state index < -0.39 is 12.0 Å². The van der Waals surface area contributed by atoms with E-state index in [4.69, 9.17) is 16.3 Å². The third kappa shape index (κ3) is 4.23. The van der Waals surface area contributed by atoms with E-state index in [9.17, 15) is 9.59 Å². The Morgan fingerprint density at radius 3 is 2.85 bits per heavy atom. The zero-order valence-corrected chi connectivity index (χ0v) is 12.7. The van der Waals surface area contributed by atoms with Gasteiger partial charge in [0.05, 0.1) is 18.5 Å². The minimum Gasteiger partial charge on any atom is -0.464 e. The monoisotopic (exact) mass is 301 g/mol. The van der Waals surface area contributed by atoms with Crippen molar-refractivity contribution in [3.8, 4) is 0 Å². The van der Waals surface area contributed by atoms with E-state index in [0.29, 0.717) is 18.8 Å². The Balaban J connectivity index is 2.85. The summed E-state index contributed by atoms with van der Waals surface area (Å²) in [5.74, 6) is -0.404. The Morgan fingerprint density at radius 1 is 1.55 bits per heavy atom. The maximum absolute atomic E-state index is 12.0. The molecule has 0 fully saturated rings. The van der Waals surface area contributed by atoms with Crippen molar-refractivity contribution in [2.75, 3.05) is 11.9 Å². The average molecular weight is 302 g/mol. The van der Waals surface area contributed by atoms with Crippen LogP contribution in [0.25, 0.3) is 0 Å². The van der Waals surface area contributed by atoms with Gasteiger partial charge in [0.25, 0.3) is 5.56 Å². The maximum atomic E-state index is 12.0. The highest BCUT2D eigenvalue weighted by atomic mass is 35.5. The Morgan fingerprint density at radius 2 is 2.25 bits per heavy atom. The van der Waals surface area contributed by atoms with Crippen LogP contribution >= 0.6 is 11.6 Å². The second-order valence-corrected chi connectivity index (χ2v) is 4.75. The number of hydrogen-bond acceptors (Lipinski definition) is 5. The van der Waals surface area contributed by atoms with Gasteiger partial charge in [-0.05, 0) is 20.3 Å². The second-order valence-electron chi connectivity index (χ2n) is 4.37. The lowest BCUT2D eigenvalue weighted by Crippen LogP contribution is -2.30. The number of aromatic nitrogens is 2. The fourth-order valence-electron chi connectivity index (χ4n) is 1.59. The fourth-order valence-corrected chi connectivity index (χ4v) is 1.79. The minimum absolute atomic E-state index is 0.0345. The summed E-state index contributed by atoms with van der Waals surface area (Å²) in [5.41, 5.74) is -0.0221. The summed E-state index contributed by atoms with van der Waals surface area (Å²) in [4.78, 5) is 23.5. The van der Waals surface area contributed by atoms with Crippen molar-refractivity contribution in [3.05, 3.63) is 21.6 Å². The first kappa shape index (κ1) is 16.5. The van der Waals surface area contributed by atoms with Crippen LogP contribution in [0.15, 0.2) is 11.0 Å². The number of unbranched alkanes of at least 4 members (excludes halogenated alkanes) is 1. The highest BCUT2D eigenvalue weighted by Gasteiger charge is 2.17. The zero-order chi connectivity index (χ0) is 15.1. The quantitative estimate of drug-likeness (QED) is 0.780. The van der Waals surface area contributed by atoms with E-state index in [1.807, 2.05) is 6.92 Å². The lowest BCUT2D eigenvalue weighted by molar-refractivity contribution is -0.143. The maximum Gasteiger partial charge on any atom is 0.328 e. The first-order valence-electron chi connectivity index (χ1n) is 6.70. The molecule has 0 aliphatic rings. The lowest BCUT2D eigenvalue weighted by Gasteiger charge is -2.15. The van der Waals surface area contributed by atoms with Crippen LogP contribution in [-0.4, -0.2) is 28.4 Å². The molecule has 0 aromatic carbocycles. The SMILES string of the molecule is CCCCn1ncc(NC(C)C(=O)OCC)c(Cl)c1=O. The van der Waals surface area contributed by atoms with Gasteiger partial charge in [-0.1, -0.05) is 24.9 Å². The van der Waals surface area contributed by atoms with Crippen LogP contribution in [0, 0.1) is 0 Å². The van der Waals surface area contributed by atoms with Gasteiger partial charge in [0.1, 0.15) is 11.1 Å². The molecule has 0 saturated carbocycles. The Labute approximate surface area is 123 Å². The number of esters is 1. The Bertz CT molecular complexity index is 516. The smallest absolute Gasteiger partial charge is 0.328 e. The van der Waals surface area contributed by atoms with Gasteiger partial charge in [0, 0.05) is 6.54 Å². The van der Waals surface area contributed by atoms with Gasteiger partial charge < -0.3 is 10.1 Å². The number of anilines is 1. The molecule has 20 heavy (non-hydrogen) atoms. The lowest BCUT2D eigenvalue weighted by atomic mass is 10.3. The number of ether oxygens (including phenoxy) is 1. The standard InChI is InChI=1S/C13H20ClN3O3/c1-4-6-7-17-12(18)11(14)10(8-15-17)16-9(3)13(19)20-5-2/h8-9,16H,4-7H2,1-3H3. The van der Waals surface area contributed by atoms with Gasteiger partial charge in [0.2, 0.25) is 0 Å². The molecule has 0 spiro atoms. The largest absolute Gasteiger partial charge is 0.464 e. The summed E-state index contributed by atoms with van der Waals surface area (Å²) in [6, 6.07) is -0.597. The number of carbonyl (C=O) groups is 1. The molecule has 1 atom stereocenters. The number of halogens is 1. The van der Waals surface area contributed by atoms with Gasteiger partial charge in [-0.3, -0.25) is 4.79 Å².